The lowest BCUT2D eigenvalue weighted by atomic mass is 9.85. The molecule has 0 radical (unpaired) electrons. The van der Waals surface area contributed by atoms with E-state index >= 15 is 0 Å². The van der Waals surface area contributed by atoms with Gasteiger partial charge in [-0.15, -0.1) is 0 Å². The SMILES string of the molecule is CCCC/C=C/CC/C=C/CC/C=C/C(O)C(COP(=O)(O)OC1C(O)C(O)C(O)C(O)C1O)NC(=O)CC(O)CCCCCCCCCC. The third-order valence-corrected chi connectivity index (χ3v) is 9.69. The van der Waals surface area contributed by atoms with Crippen LogP contribution in [-0.4, -0.2) is 108 Å². The topological polar surface area (TPSA) is 226 Å². The van der Waals surface area contributed by atoms with Gasteiger partial charge in [-0.3, -0.25) is 13.8 Å². The Labute approximate surface area is 298 Å². The van der Waals surface area contributed by atoms with Gasteiger partial charge in [-0.2, -0.15) is 0 Å². The minimum absolute atomic E-state index is 0.256. The number of nitrogens with one attached hydrogen (secondary N) is 1. The summed E-state index contributed by atoms with van der Waals surface area (Å²) < 4.78 is 22.6. The first kappa shape index (κ1) is 46.5. The molecule has 13 nitrogen and oxygen atoms in total. The van der Waals surface area contributed by atoms with Crippen molar-refractivity contribution in [3.8, 4) is 0 Å². The summed E-state index contributed by atoms with van der Waals surface area (Å²) in [5.74, 6) is -0.614. The number of hydrogen-bond acceptors (Lipinski definition) is 11. The monoisotopic (exact) mass is 735 g/mol. The number of aliphatic hydroxyl groups excluding tert-OH is 7. The lowest BCUT2D eigenvalue weighted by Gasteiger charge is -2.41. The normalized spacial score (nSPS) is 26.0. The Bertz CT molecular complexity index is 1010. The molecular weight excluding hydrogens is 669 g/mol. The van der Waals surface area contributed by atoms with Crippen LogP contribution in [0.15, 0.2) is 36.5 Å². The molecule has 292 valence electrons. The maximum atomic E-state index is 12.8. The van der Waals surface area contributed by atoms with Crippen LogP contribution in [0.4, 0.5) is 0 Å². The van der Waals surface area contributed by atoms with Gasteiger partial charge in [-0.05, 0) is 38.5 Å². The molecule has 1 fully saturated rings. The fraction of sp³-hybridized carbons (Fsp3) is 0.806. The number of phosphoric ester groups is 1. The minimum Gasteiger partial charge on any atom is -0.393 e. The number of amides is 1. The lowest BCUT2D eigenvalue weighted by molar-refractivity contribution is -0.220. The molecule has 9 N–H and O–H groups in total. The Morgan fingerprint density at radius 3 is 1.74 bits per heavy atom. The molecule has 0 aliphatic heterocycles. The van der Waals surface area contributed by atoms with Crippen LogP contribution in [0.5, 0.6) is 0 Å². The second kappa shape index (κ2) is 27.2. The Kier molecular flexibility index (Phi) is 25.3. The molecular formula is C36H66NO12P. The molecule has 8 unspecified atom stereocenters. The van der Waals surface area contributed by atoms with E-state index in [9.17, 15) is 50.0 Å². The number of rotatable bonds is 28. The third kappa shape index (κ3) is 19.9. The summed E-state index contributed by atoms with van der Waals surface area (Å²) >= 11 is 0. The van der Waals surface area contributed by atoms with Crippen LogP contribution in [0.25, 0.3) is 0 Å². The van der Waals surface area contributed by atoms with Gasteiger partial charge in [0.2, 0.25) is 5.91 Å². The van der Waals surface area contributed by atoms with Crippen LogP contribution >= 0.6 is 7.82 Å². The molecule has 0 spiro atoms. The molecule has 1 aliphatic rings. The van der Waals surface area contributed by atoms with E-state index in [1.807, 2.05) is 6.08 Å². The zero-order chi connectivity index (χ0) is 37.4. The van der Waals surface area contributed by atoms with E-state index in [4.69, 9.17) is 9.05 Å². The largest absolute Gasteiger partial charge is 0.472 e. The van der Waals surface area contributed by atoms with Crippen molar-refractivity contribution in [2.45, 2.75) is 178 Å². The Morgan fingerprint density at radius 2 is 1.18 bits per heavy atom. The molecule has 0 aromatic carbocycles. The van der Waals surface area contributed by atoms with Crippen molar-refractivity contribution in [2.24, 2.45) is 0 Å². The molecule has 1 rings (SSSR count). The summed E-state index contributed by atoms with van der Waals surface area (Å²) in [6.45, 7) is 3.58. The van der Waals surface area contributed by atoms with Crippen molar-refractivity contribution >= 4 is 13.7 Å². The number of carbonyl (C=O) groups is 1. The van der Waals surface area contributed by atoms with E-state index in [0.29, 0.717) is 19.3 Å². The molecule has 0 aromatic rings. The number of allylic oxidation sites excluding steroid dienone is 5. The van der Waals surface area contributed by atoms with Gasteiger partial charge in [0, 0.05) is 0 Å². The van der Waals surface area contributed by atoms with E-state index in [0.717, 1.165) is 44.9 Å². The van der Waals surface area contributed by atoms with E-state index < -0.39 is 75.2 Å². The van der Waals surface area contributed by atoms with Crippen molar-refractivity contribution in [1.82, 2.24) is 5.32 Å². The summed E-state index contributed by atoms with van der Waals surface area (Å²) in [5.41, 5.74) is 0. The van der Waals surface area contributed by atoms with E-state index in [1.54, 1.807) is 6.08 Å². The van der Waals surface area contributed by atoms with Crippen molar-refractivity contribution < 1.29 is 59.0 Å². The second-order valence-corrected chi connectivity index (χ2v) is 14.6. The molecule has 8 atom stereocenters. The minimum atomic E-state index is -5.14. The van der Waals surface area contributed by atoms with Gasteiger partial charge in [0.05, 0.1) is 31.3 Å². The average molecular weight is 736 g/mol. The maximum Gasteiger partial charge on any atom is 0.472 e. The Hall–Kier alpha value is -1.48. The number of aliphatic hydroxyl groups is 7. The Balaban J connectivity index is 2.74. The van der Waals surface area contributed by atoms with Crippen molar-refractivity contribution in [3.05, 3.63) is 36.5 Å². The molecule has 0 aromatic heterocycles. The first-order valence-corrected chi connectivity index (χ1v) is 20.0. The molecule has 1 amide bonds. The average Bonchev–Trinajstić information content (AvgIpc) is 3.08. The van der Waals surface area contributed by atoms with Gasteiger partial charge < -0.3 is 46.0 Å². The molecule has 50 heavy (non-hydrogen) atoms. The van der Waals surface area contributed by atoms with Gasteiger partial charge in [0.1, 0.15) is 36.6 Å². The molecule has 0 bridgehead atoms. The predicted octanol–water partition coefficient (Wildman–Crippen LogP) is 3.85. The Morgan fingerprint density at radius 1 is 0.700 bits per heavy atom. The molecule has 14 heteroatoms. The van der Waals surface area contributed by atoms with Crippen molar-refractivity contribution in [2.75, 3.05) is 6.61 Å². The van der Waals surface area contributed by atoms with Crippen LogP contribution in [0, 0.1) is 0 Å². The number of hydrogen-bond donors (Lipinski definition) is 9. The van der Waals surface area contributed by atoms with Crippen LogP contribution in [0.1, 0.15) is 123 Å². The number of phosphoric acid groups is 1. The highest BCUT2D eigenvalue weighted by atomic mass is 31.2. The second-order valence-electron chi connectivity index (χ2n) is 13.2. The van der Waals surface area contributed by atoms with Crippen molar-refractivity contribution in [3.63, 3.8) is 0 Å². The number of unbranched alkanes of at least 4 members (excludes halogenated alkanes) is 11. The van der Waals surface area contributed by atoms with E-state index in [-0.39, 0.29) is 6.42 Å². The summed E-state index contributed by atoms with van der Waals surface area (Å²) in [6.07, 6.45) is 12.8. The van der Waals surface area contributed by atoms with Gasteiger partial charge in [0.15, 0.2) is 0 Å². The summed E-state index contributed by atoms with van der Waals surface area (Å²) in [7, 11) is -5.14. The molecule has 1 aliphatic carbocycles. The first-order valence-electron chi connectivity index (χ1n) is 18.5. The quantitative estimate of drug-likeness (QED) is 0.0317. The van der Waals surface area contributed by atoms with Gasteiger partial charge in [-0.1, -0.05) is 115 Å². The maximum absolute atomic E-state index is 12.8. The van der Waals surface area contributed by atoms with E-state index in [2.05, 4.69) is 37.4 Å². The zero-order valence-corrected chi connectivity index (χ0v) is 30.9. The van der Waals surface area contributed by atoms with Gasteiger partial charge in [0.25, 0.3) is 0 Å². The predicted molar refractivity (Wildman–Crippen MR) is 192 cm³/mol. The smallest absolute Gasteiger partial charge is 0.393 e. The summed E-state index contributed by atoms with van der Waals surface area (Å²) in [5, 5.41) is 73.8. The van der Waals surface area contributed by atoms with Crippen LogP contribution < -0.4 is 5.32 Å². The van der Waals surface area contributed by atoms with Crippen LogP contribution in [0.2, 0.25) is 0 Å². The van der Waals surface area contributed by atoms with Gasteiger partial charge in [-0.25, -0.2) is 4.57 Å². The molecule has 0 heterocycles. The lowest BCUT2D eigenvalue weighted by Crippen LogP contribution is -2.64. The zero-order valence-electron chi connectivity index (χ0n) is 30.0. The highest BCUT2D eigenvalue weighted by molar-refractivity contribution is 7.47. The first-order chi connectivity index (χ1) is 23.8. The van der Waals surface area contributed by atoms with Gasteiger partial charge >= 0.3 is 7.82 Å². The molecule has 0 saturated heterocycles. The van der Waals surface area contributed by atoms with Crippen molar-refractivity contribution in [1.29, 1.82) is 0 Å². The summed E-state index contributed by atoms with van der Waals surface area (Å²) in [6, 6.07) is -1.26. The van der Waals surface area contributed by atoms with E-state index in [1.165, 1.54) is 44.6 Å². The van der Waals surface area contributed by atoms with Crippen LogP contribution in [-0.2, 0) is 18.4 Å². The number of carbonyl (C=O) groups excluding carboxylic acids is 1. The fourth-order valence-corrected chi connectivity index (χ4v) is 6.52. The molecule has 1 saturated carbocycles. The standard InChI is InChI=1S/C36H66NO12P/c1-3-5-7-9-11-13-14-15-16-18-20-22-24-29(39)28(37-30(40)25-27(38)23-21-19-17-12-10-8-6-4-2)26-48-50(46,47)49-36-34(44)32(42)31(41)33(43)35(36)45/h9,11,15-16,22,24,27-29,31-36,38-39,41-45H,3-8,10,12-14,17-21,23,25-26H2,1-2H3,(H,37,40)(H,46,47)/b11-9+,16-15+,24-22+. The highest BCUT2D eigenvalue weighted by Crippen LogP contribution is 2.47. The fourth-order valence-electron chi connectivity index (χ4n) is 5.55. The highest BCUT2D eigenvalue weighted by Gasteiger charge is 2.51. The summed E-state index contributed by atoms with van der Waals surface area (Å²) in [4.78, 5) is 23.2. The van der Waals surface area contributed by atoms with Crippen LogP contribution in [0.3, 0.4) is 0 Å². The third-order valence-electron chi connectivity index (χ3n) is 8.71.